The van der Waals surface area contributed by atoms with E-state index < -0.39 is 0 Å². The van der Waals surface area contributed by atoms with Gasteiger partial charge in [0.1, 0.15) is 0 Å². The van der Waals surface area contributed by atoms with Crippen LogP contribution in [0.15, 0.2) is 0 Å². The van der Waals surface area contributed by atoms with Gasteiger partial charge in [-0.05, 0) is 20.3 Å². The van der Waals surface area contributed by atoms with Crippen molar-refractivity contribution in [2.24, 2.45) is 0 Å². The normalized spacial score (nSPS) is 18.0. The third kappa shape index (κ3) is 2.28. The van der Waals surface area contributed by atoms with Crippen molar-refractivity contribution in [3.05, 3.63) is 5.21 Å². The van der Waals surface area contributed by atoms with E-state index in [1.807, 2.05) is 20.8 Å². The van der Waals surface area contributed by atoms with Crippen molar-refractivity contribution in [1.29, 1.82) is 0 Å². The summed E-state index contributed by atoms with van der Waals surface area (Å²) in [5.74, 6) is 0. The lowest BCUT2D eigenvalue weighted by molar-refractivity contribution is -0.871. The van der Waals surface area contributed by atoms with Crippen LogP contribution in [0.1, 0.15) is 27.2 Å². The first-order valence-electron chi connectivity index (χ1n) is 3.25. The molecule has 0 aromatic carbocycles. The van der Waals surface area contributed by atoms with Gasteiger partial charge in [-0.3, -0.25) is 0 Å². The van der Waals surface area contributed by atoms with Crippen LogP contribution in [0.2, 0.25) is 0 Å². The third-order valence-corrected chi connectivity index (χ3v) is 1.51. The molecular formula is C6H15NO. The first kappa shape index (κ1) is 7.92. The Labute approximate surface area is 51.1 Å². The predicted molar refractivity (Wildman–Crippen MR) is 34.6 cm³/mol. The van der Waals surface area contributed by atoms with Gasteiger partial charge < -0.3 is 10.3 Å². The molecule has 0 saturated carbocycles. The van der Waals surface area contributed by atoms with Gasteiger partial charge in [0.2, 0.25) is 0 Å². The van der Waals surface area contributed by atoms with Gasteiger partial charge in [0.15, 0.2) is 0 Å². The van der Waals surface area contributed by atoms with Crippen molar-refractivity contribution >= 4 is 0 Å². The van der Waals surface area contributed by atoms with E-state index in [9.17, 15) is 5.21 Å². The zero-order chi connectivity index (χ0) is 6.57. The minimum absolute atomic E-state index is 0.278. The van der Waals surface area contributed by atoms with Gasteiger partial charge in [-0.2, -0.15) is 0 Å². The fourth-order valence-electron chi connectivity index (χ4n) is 0.576. The Morgan fingerprint density at radius 3 is 2.12 bits per heavy atom. The molecule has 0 aliphatic rings. The molecule has 2 atom stereocenters. The second kappa shape index (κ2) is 3.87. The van der Waals surface area contributed by atoms with Gasteiger partial charge in [0.25, 0.3) is 0 Å². The summed E-state index contributed by atoms with van der Waals surface area (Å²) < 4.78 is 0. The van der Waals surface area contributed by atoms with Gasteiger partial charge in [0, 0.05) is 0 Å². The van der Waals surface area contributed by atoms with E-state index in [0.29, 0.717) is 11.6 Å². The number of hydrogen-bond acceptors (Lipinski definition) is 1. The molecule has 2 nitrogen and oxygen atoms in total. The van der Waals surface area contributed by atoms with Crippen molar-refractivity contribution < 1.29 is 5.06 Å². The van der Waals surface area contributed by atoms with E-state index >= 15 is 0 Å². The van der Waals surface area contributed by atoms with E-state index in [1.165, 1.54) is 0 Å². The highest BCUT2D eigenvalue weighted by Crippen LogP contribution is 1.79. The smallest absolute Gasteiger partial charge is 0.0840 e. The predicted octanol–water partition coefficient (Wildman–Crippen LogP) is 0.188. The van der Waals surface area contributed by atoms with Crippen molar-refractivity contribution in [1.82, 2.24) is 0 Å². The molecule has 0 spiro atoms. The molecule has 0 aromatic rings. The van der Waals surface area contributed by atoms with Crippen molar-refractivity contribution in [3.8, 4) is 0 Å². The lowest BCUT2D eigenvalue weighted by atomic mass is 10.2. The highest BCUT2D eigenvalue weighted by molar-refractivity contribution is 4.40. The number of nitrogens with one attached hydrogen (secondary N) is 1. The molecule has 0 fully saturated rings. The van der Waals surface area contributed by atoms with Crippen LogP contribution < -0.4 is 5.06 Å². The largest absolute Gasteiger partial charge is 0.634 e. The van der Waals surface area contributed by atoms with E-state index in [1.54, 1.807) is 0 Å². The molecule has 1 N–H and O–H groups in total. The molecule has 0 aromatic heterocycles. The Morgan fingerprint density at radius 1 is 1.50 bits per heavy atom. The number of hydroxylamine groups is 2. The van der Waals surface area contributed by atoms with Crippen LogP contribution in [-0.2, 0) is 0 Å². The van der Waals surface area contributed by atoms with Gasteiger partial charge in [0.05, 0.1) is 12.6 Å². The van der Waals surface area contributed by atoms with Crippen molar-refractivity contribution in [2.45, 2.75) is 33.2 Å². The van der Waals surface area contributed by atoms with Crippen LogP contribution in [0.3, 0.4) is 0 Å². The summed E-state index contributed by atoms with van der Waals surface area (Å²) in [5.41, 5.74) is 0. The number of quaternary nitrogens is 1. The van der Waals surface area contributed by atoms with Crippen LogP contribution in [0, 0.1) is 5.21 Å². The third-order valence-electron chi connectivity index (χ3n) is 1.51. The van der Waals surface area contributed by atoms with Crippen LogP contribution in [0.5, 0.6) is 0 Å². The van der Waals surface area contributed by atoms with E-state index in [-0.39, 0.29) is 6.04 Å². The summed E-state index contributed by atoms with van der Waals surface area (Å²) in [4.78, 5) is 0. The molecule has 0 radical (unpaired) electrons. The molecule has 0 rings (SSSR count). The van der Waals surface area contributed by atoms with Crippen molar-refractivity contribution in [2.75, 3.05) is 6.54 Å². The quantitative estimate of drug-likeness (QED) is 0.525. The SMILES string of the molecule is CCC(C)[NH+]([O-])CC. The summed E-state index contributed by atoms with van der Waals surface area (Å²) in [7, 11) is 0. The number of hydrogen-bond donors (Lipinski definition) is 1. The molecule has 0 aliphatic heterocycles. The van der Waals surface area contributed by atoms with Crippen LogP contribution in [-0.4, -0.2) is 12.6 Å². The van der Waals surface area contributed by atoms with Gasteiger partial charge in [-0.15, -0.1) is 0 Å². The van der Waals surface area contributed by atoms with Crippen LogP contribution in [0.25, 0.3) is 0 Å². The zero-order valence-electron chi connectivity index (χ0n) is 5.90. The minimum Gasteiger partial charge on any atom is -0.634 e. The second-order valence-electron chi connectivity index (χ2n) is 2.13. The Bertz CT molecular complexity index is 48.5. The summed E-state index contributed by atoms with van der Waals surface area (Å²) in [5, 5.41) is 11.1. The lowest BCUT2D eigenvalue weighted by Gasteiger charge is -2.26. The summed E-state index contributed by atoms with van der Waals surface area (Å²) in [6, 6.07) is 0.278. The molecule has 0 saturated heterocycles. The van der Waals surface area contributed by atoms with Gasteiger partial charge >= 0.3 is 0 Å². The lowest BCUT2D eigenvalue weighted by Crippen LogP contribution is -3.10. The fourth-order valence-corrected chi connectivity index (χ4v) is 0.576. The standard InChI is InChI=1S/C6H15NO/c1-4-6(3)7(8)5-2/h6-7H,4-5H2,1-3H3. The second-order valence-corrected chi connectivity index (χ2v) is 2.13. The highest BCUT2D eigenvalue weighted by atomic mass is 16.5. The Hall–Kier alpha value is -0.0800. The number of rotatable bonds is 3. The van der Waals surface area contributed by atoms with Gasteiger partial charge in [-0.1, -0.05) is 6.92 Å². The first-order valence-corrected chi connectivity index (χ1v) is 3.25. The van der Waals surface area contributed by atoms with Gasteiger partial charge in [-0.25, -0.2) is 0 Å². The molecular weight excluding hydrogens is 102 g/mol. The zero-order valence-corrected chi connectivity index (χ0v) is 5.90. The Balaban J connectivity index is 3.29. The van der Waals surface area contributed by atoms with E-state index in [2.05, 4.69) is 0 Å². The maximum atomic E-state index is 10.7. The van der Waals surface area contributed by atoms with Crippen molar-refractivity contribution in [3.63, 3.8) is 0 Å². The van der Waals surface area contributed by atoms with Crippen LogP contribution in [0.4, 0.5) is 0 Å². The average Bonchev–Trinajstić information content (AvgIpc) is 1.84. The summed E-state index contributed by atoms with van der Waals surface area (Å²) >= 11 is 0. The summed E-state index contributed by atoms with van der Waals surface area (Å²) in [6.45, 7) is 6.62. The fraction of sp³-hybridized carbons (Fsp3) is 1.00. The molecule has 0 bridgehead atoms. The molecule has 50 valence electrons. The molecule has 2 unspecified atom stereocenters. The Kier molecular flexibility index (Phi) is 3.83. The molecule has 0 heterocycles. The molecule has 0 aliphatic carbocycles. The Morgan fingerprint density at radius 2 is 2.00 bits per heavy atom. The topological polar surface area (TPSA) is 27.5 Å². The maximum absolute atomic E-state index is 10.7. The maximum Gasteiger partial charge on any atom is 0.0840 e. The molecule has 2 heteroatoms. The highest BCUT2D eigenvalue weighted by Gasteiger charge is 2.01. The van der Waals surface area contributed by atoms with Crippen LogP contribution >= 0.6 is 0 Å². The van der Waals surface area contributed by atoms with E-state index in [4.69, 9.17) is 0 Å². The minimum atomic E-state index is 0.278. The van der Waals surface area contributed by atoms with E-state index in [0.717, 1.165) is 6.42 Å². The molecule has 0 amide bonds. The average molecular weight is 117 g/mol. The molecule has 8 heavy (non-hydrogen) atoms. The first-order chi connectivity index (χ1) is 3.72. The summed E-state index contributed by atoms with van der Waals surface area (Å²) in [6.07, 6.45) is 0.979. The monoisotopic (exact) mass is 117 g/mol.